The maximum Gasteiger partial charge on any atom is 0.303 e. The van der Waals surface area contributed by atoms with Gasteiger partial charge in [-0.3, -0.25) is 9.59 Å². The van der Waals surface area contributed by atoms with E-state index < -0.39 is 5.97 Å². The summed E-state index contributed by atoms with van der Waals surface area (Å²) in [5.74, 6) is 0.132. The molecule has 0 unspecified atom stereocenters. The normalized spacial score (nSPS) is 10.2. The Morgan fingerprint density at radius 2 is 1.77 bits per heavy atom. The van der Waals surface area contributed by atoms with Crippen LogP contribution in [0.4, 0.5) is 0 Å². The largest absolute Gasteiger partial charge is 0.497 e. The molecule has 138 valence electrons. The lowest BCUT2D eigenvalue weighted by Crippen LogP contribution is -2.35. The number of amides is 1. The van der Waals surface area contributed by atoms with E-state index in [1.807, 2.05) is 30.3 Å². The van der Waals surface area contributed by atoms with Crippen LogP contribution in [0.25, 0.3) is 0 Å². The van der Waals surface area contributed by atoms with Crippen molar-refractivity contribution >= 4 is 11.9 Å². The lowest BCUT2D eigenvalue weighted by molar-refractivity contribution is -0.138. The van der Waals surface area contributed by atoms with Crippen LogP contribution in [0.3, 0.4) is 0 Å². The van der Waals surface area contributed by atoms with Gasteiger partial charge in [-0.25, -0.2) is 0 Å². The second-order valence-electron chi connectivity index (χ2n) is 5.77. The molecule has 0 aliphatic carbocycles. The summed E-state index contributed by atoms with van der Waals surface area (Å²) in [6, 6.07) is 16.6. The molecule has 0 atom stereocenters. The Bertz CT molecular complexity index is 717. The van der Waals surface area contributed by atoms with E-state index in [2.05, 4.69) is 0 Å². The monoisotopic (exact) mass is 357 g/mol. The van der Waals surface area contributed by atoms with Crippen LogP contribution in [0.1, 0.15) is 18.4 Å². The molecule has 0 fully saturated rings. The first-order valence-electron chi connectivity index (χ1n) is 8.39. The first-order valence-corrected chi connectivity index (χ1v) is 8.39. The summed E-state index contributed by atoms with van der Waals surface area (Å²) >= 11 is 0. The van der Waals surface area contributed by atoms with E-state index in [9.17, 15) is 9.59 Å². The van der Waals surface area contributed by atoms with Crippen molar-refractivity contribution in [1.82, 2.24) is 4.90 Å². The van der Waals surface area contributed by atoms with E-state index >= 15 is 0 Å². The number of carbonyl (C=O) groups is 2. The van der Waals surface area contributed by atoms with Crippen molar-refractivity contribution in [2.45, 2.75) is 19.4 Å². The van der Waals surface area contributed by atoms with E-state index in [1.165, 1.54) is 0 Å². The molecule has 0 spiro atoms. The van der Waals surface area contributed by atoms with Gasteiger partial charge in [0.15, 0.2) is 6.61 Å². The first-order chi connectivity index (χ1) is 12.6. The van der Waals surface area contributed by atoms with Gasteiger partial charge in [-0.05, 0) is 24.1 Å². The first kappa shape index (κ1) is 19.3. The van der Waals surface area contributed by atoms with Crippen LogP contribution in [0, 0.1) is 0 Å². The minimum atomic E-state index is -0.871. The number of aliphatic carboxylic acids is 1. The maximum absolute atomic E-state index is 12.6. The summed E-state index contributed by atoms with van der Waals surface area (Å²) in [6.07, 6.45) is 0.419. The van der Waals surface area contributed by atoms with Gasteiger partial charge in [-0.2, -0.15) is 0 Å². The highest BCUT2D eigenvalue weighted by Gasteiger charge is 2.15. The molecular weight excluding hydrogens is 334 g/mol. The van der Waals surface area contributed by atoms with Gasteiger partial charge in [-0.1, -0.05) is 36.4 Å². The quantitative estimate of drug-likeness (QED) is 0.707. The SMILES string of the molecule is COc1cccc(OCC(=O)N(CCCC(=O)O)Cc2ccccc2)c1. The van der Waals surface area contributed by atoms with Crippen molar-refractivity contribution in [2.75, 3.05) is 20.3 Å². The zero-order valence-electron chi connectivity index (χ0n) is 14.8. The van der Waals surface area contributed by atoms with Crippen LogP contribution in [-0.2, 0) is 16.1 Å². The Morgan fingerprint density at radius 3 is 2.46 bits per heavy atom. The van der Waals surface area contributed by atoms with Crippen LogP contribution < -0.4 is 9.47 Å². The van der Waals surface area contributed by atoms with Crippen molar-refractivity contribution < 1.29 is 24.2 Å². The third-order valence-electron chi connectivity index (χ3n) is 3.79. The summed E-state index contributed by atoms with van der Waals surface area (Å²) in [5.41, 5.74) is 0.984. The van der Waals surface area contributed by atoms with Gasteiger partial charge >= 0.3 is 5.97 Å². The average Bonchev–Trinajstić information content (AvgIpc) is 2.66. The van der Waals surface area contributed by atoms with E-state index in [1.54, 1.807) is 36.3 Å². The van der Waals surface area contributed by atoms with Gasteiger partial charge in [0, 0.05) is 25.6 Å². The molecular formula is C20H23NO5. The molecule has 0 aliphatic rings. The highest BCUT2D eigenvalue weighted by Crippen LogP contribution is 2.19. The van der Waals surface area contributed by atoms with Crippen LogP contribution in [0.15, 0.2) is 54.6 Å². The molecule has 0 saturated carbocycles. The average molecular weight is 357 g/mol. The van der Waals surface area contributed by atoms with Crippen molar-refractivity contribution in [3.05, 3.63) is 60.2 Å². The zero-order chi connectivity index (χ0) is 18.8. The topological polar surface area (TPSA) is 76.1 Å². The minimum absolute atomic E-state index is 0.0231. The second kappa shape index (κ2) is 10.1. The van der Waals surface area contributed by atoms with Crippen LogP contribution in [0.5, 0.6) is 11.5 Å². The summed E-state index contributed by atoms with van der Waals surface area (Å²) < 4.78 is 10.7. The van der Waals surface area contributed by atoms with Gasteiger partial charge in [0.25, 0.3) is 5.91 Å². The van der Waals surface area contributed by atoms with Gasteiger partial charge < -0.3 is 19.5 Å². The summed E-state index contributed by atoms with van der Waals surface area (Å²) in [7, 11) is 1.56. The highest BCUT2D eigenvalue weighted by atomic mass is 16.5. The molecule has 2 aromatic carbocycles. The summed E-state index contributed by atoms with van der Waals surface area (Å²) in [5, 5.41) is 8.82. The van der Waals surface area contributed by atoms with Crippen LogP contribution >= 0.6 is 0 Å². The second-order valence-corrected chi connectivity index (χ2v) is 5.77. The molecule has 0 heterocycles. The maximum atomic E-state index is 12.6. The van der Waals surface area contributed by atoms with Crippen molar-refractivity contribution in [1.29, 1.82) is 0 Å². The van der Waals surface area contributed by atoms with Crippen LogP contribution in [0.2, 0.25) is 0 Å². The lowest BCUT2D eigenvalue weighted by atomic mass is 10.2. The molecule has 0 saturated heterocycles. The molecule has 6 nitrogen and oxygen atoms in total. The molecule has 0 aliphatic heterocycles. The Kier molecular flexibility index (Phi) is 7.49. The molecule has 1 N–H and O–H groups in total. The van der Waals surface area contributed by atoms with Gasteiger partial charge in [0.1, 0.15) is 11.5 Å². The fourth-order valence-electron chi connectivity index (χ4n) is 2.44. The Hall–Kier alpha value is -3.02. The predicted molar refractivity (Wildman–Crippen MR) is 97.2 cm³/mol. The van der Waals surface area contributed by atoms with Gasteiger partial charge in [-0.15, -0.1) is 0 Å². The number of rotatable bonds is 10. The Morgan fingerprint density at radius 1 is 1.04 bits per heavy atom. The van der Waals surface area contributed by atoms with E-state index in [0.717, 1.165) is 5.56 Å². The summed E-state index contributed by atoms with van der Waals surface area (Å²) in [4.78, 5) is 24.9. The molecule has 0 radical (unpaired) electrons. The number of benzene rings is 2. The Balaban J connectivity index is 1.97. The summed E-state index contributed by atoms with van der Waals surface area (Å²) in [6.45, 7) is 0.662. The number of carboxylic acid groups (broad SMARTS) is 1. The number of methoxy groups -OCH3 is 1. The smallest absolute Gasteiger partial charge is 0.303 e. The zero-order valence-corrected chi connectivity index (χ0v) is 14.8. The molecule has 1 amide bonds. The molecule has 6 heteroatoms. The van der Waals surface area contributed by atoms with Crippen molar-refractivity contribution in [2.24, 2.45) is 0 Å². The molecule has 0 aromatic heterocycles. The highest BCUT2D eigenvalue weighted by molar-refractivity contribution is 5.78. The number of nitrogens with zero attached hydrogens (tertiary/aromatic N) is 1. The minimum Gasteiger partial charge on any atom is -0.497 e. The molecule has 26 heavy (non-hydrogen) atoms. The number of hydrogen-bond acceptors (Lipinski definition) is 4. The fraction of sp³-hybridized carbons (Fsp3) is 0.300. The van der Waals surface area contributed by atoms with Gasteiger partial charge in [0.05, 0.1) is 7.11 Å². The number of ether oxygens (including phenoxy) is 2. The van der Waals surface area contributed by atoms with Crippen molar-refractivity contribution in [3.8, 4) is 11.5 Å². The number of carbonyl (C=O) groups excluding carboxylic acids is 1. The number of carboxylic acids is 1. The number of hydrogen-bond donors (Lipinski definition) is 1. The van der Waals surface area contributed by atoms with E-state index in [-0.39, 0.29) is 18.9 Å². The van der Waals surface area contributed by atoms with Crippen molar-refractivity contribution in [3.63, 3.8) is 0 Å². The van der Waals surface area contributed by atoms with E-state index in [0.29, 0.717) is 31.0 Å². The third kappa shape index (κ3) is 6.47. The molecule has 2 rings (SSSR count). The Labute approximate surface area is 153 Å². The van der Waals surface area contributed by atoms with E-state index in [4.69, 9.17) is 14.6 Å². The lowest BCUT2D eigenvalue weighted by Gasteiger charge is -2.23. The third-order valence-corrected chi connectivity index (χ3v) is 3.79. The van der Waals surface area contributed by atoms with Gasteiger partial charge in [0.2, 0.25) is 0 Å². The molecule has 2 aromatic rings. The standard InChI is InChI=1S/C20H23NO5/c1-25-17-9-5-10-18(13-17)26-15-19(22)21(12-6-11-20(23)24)14-16-7-3-2-4-8-16/h2-5,7-10,13H,6,11-12,14-15H2,1H3,(H,23,24). The predicted octanol–water partition coefficient (Wildman–Crippen LogP) is 2.97. The van der Waals surface area contributed by atoms with Crippen LogP contribution in [-0.4, -0.2) is 42.1 Å². The fourth-order valence-corrected chi connectivity index (χ4v) is 2.44. The molecule has 0 bridgehead atoms.